The molecule has 0 amide bonds. The predicted molar refractivity (Wildman–Crippen MR) is 107 cm³/mol. The normalized spacial score (nSPS) is 15.2. The first-order valence-corrected chi connectivity index (χ1v) is 11.2. The van der Waals surface area contributed by atoms with Crippen molar-refractivity contribution in [1.29, 1.82) is 5.26 Å². The zero-order chi connectivity index (χ0) is 19.2. The number of rotatable bonds is 8. The van der Waals surface area contributed by atoms with Crippen LogP contribution in [0, 0.1) is 17.2 Å². The highest BCUT2D eigenvalue weighted by molar-refractivity contribution is 7.83. The van der Waals surface area contributed by atoms with Crippen LogP contribution in [-0.2, 0) is 10.8 Å². The van der Waals surface area contributed by atoms with E-state index in [0.29, 0.717) is 12.2 Å². The average molecular weight is 381 g/mol. The highest BCUT2D eigenvalue weighted by atomic mass is 32.2. The van der Waals surface area contributed by atoms with Crippen molar-refractivity contribution in [1.82, 2.24) is 4.90 Å². The maximum atomic E-state index is 9.56. The number of nitriles is 1. The Hall–Kier alpha value is -1.42. The molecule has 0 spiro atoms. The van der Waals surface area contributed by atoms with Crippen LogP contribution >= 0.6 is 0 Å². The maximum Gasteiger partial charge on any atom is 0.119 e. The molecule has 1 aromatic carbocycles. The second-order valence-electron chi connectivity index (χ2n) is 6.73. The van der Waals surface area contributed by atoms with E-state index in [0.717, 1.165) is 37.7 Å². The molecule has 0 saturated carbocycles. The highest BCUT2D eigenvalue weighted by Crippen LogP contribution is 2.22. The van der Waals surface area contributed by atoms with Crippen LogP contribution in [0.1, 0.15) is 37.7 Å². The van der Waals surface area contributed by atoms with Crippen molar-refractivity contribution in [3.8, 4) is 11.8 Å². The van der Waals surface area contributed by atoms with Gasteiger partial charge in [0.05, 0.1) is 18.2 Å². The molecule has 1 N–H and O–H groups in total. The van der Waals surface area contributed by atoms with Crippen molar-refractivity contribution in [2.75, 3.05) is 45.4 Å². The molecule has 1 aromatic rings. The van der Waals surface area contributed by atoms with Crippen LogP contribution < -0.4 is 4.74 Å². The number of likely N-dealkylation sites (tertiary alicyclic amines) is 1. The second-order valence-corrected chi connectivity index (χ2v) is 8.21. The summed E-state index contributed by atoms with van der Waals surface area (Å²) in [5.74, 6) is 1.66. The fourth-order valence-electron chi connectivity index (χ4n) is 2.98. The third kappa shape index (κ3) is 10.5. The molecule has 0 unspecified atom stereocenters. The zero-order valence-electron chi connectivity index (χ0n) is 16.0. The Kier molecular flexibility index (Phi) is 12.0. The highest BCUT2D eigenvalue weighted by Gasteiger charge is 2.18. The Bertz CT molecular complexity index is 545. The van der Waals surface area contributed by atoms with Crippen molar-refractivity contribution in [2.45, 2.75) is 32.1 Å². The van der Waals surface area contributed by atoms with Crippen molar-refractivity contribution < 1.29 is 14.1 Å². The number of aliphatic hydroxyl groups is 1. The SMILES string of the molecule is CS(C)=O.N#Cc1ccc(OCCCC2CCN(CCCO)CC2)cc1. The van der Waals surface area contributed by atoms with Crippen molar-refractivity contribution in [2.24, 2.45) is 5.92 Å². The van der Waals surface area contributed by atoms with Gasteiger partial charge in [-0.1, -0.05) is 0 Å². The zero-order valence-corrected chi connectivity index (χ0v) is 16.8. The van der Waals surface area contributed by atoms with Gasteiger partial charge in [0, 0.05) is 36.5 Å². The number of ether oxygens (including phenoxy) is 1. The molecular weight excluding hydrogens is 348 g/mol. The van der Waals surface area contributed by atoms with Crippen molar-refractivity contribution in [3.63, 3.8) is 0 Å². The van der Waals surface area contributed by atoms with E-state index in [9.17, 15) is 4.21 Å². The number of nitrogens with zero attached hydrogens (tertiary/aromatic N) is 2. The molecule has 0 bridgehead atoms. The standard InChI is InChI=1S/C18H26N2O2.C2H6OS/c19-15-17-4-6-18(7-5-17)22-14-1-3-16-8-11-20(12-9-16)10-2-13-21;1-4(2)3/h4-7,16,21H,1-3,8-14H2;1-2H3. The third-order valence-corrected chi connectivity index (χ3v) is 4.35. The van der Waals surface area contributed by atoms with Gasteiger partial charge in [0.1, 0.15) is 5.75 Å². The Morgan fingerprint density at radius 3 is 2.38 bits per heavy atom. The molecule has 6 heteroatoms. The molecule has 0 aliphatic carbocycles. The number of benzene rings is 1. The largest absolute Gasteiger partial charge is 0.494 e. The smallest absolute Gasteiger partial charge is 0.119 e. The van der Waals surface area contributed by atoms with Crippen LogP contribution in [0.4, 0.5) is 0 Å². The summed E-state index contributed by atoms with van der Waals surface area (Å²) < 4.78 is 15.3. The van der Waals surface area contributed by atoms with Gasteiger partial charge >= 0.3 is 0 Å². The number of piperidine rings is 1. The Labute approximate surface area is 160 Å². The summed E-state index contributed by atoms with van der Waals surface area (Å²) in [5, 5.41) is 17.6. The molecule has 2 rings (SSSR count). The predicted octanol–water partition coefficient (Wildman–Crippen LogP) is 2.81. The Balaban J connectivity index is 0.000000765. The number of hydrogen-bond acceptors (Lipinski definition) is 5. The van der Waals surface area contributed by atoms with Gasteiger partial charge in [-0.25, -0.2) is 0 Å². The van der Waals surface area contributed by atoms with E-state index in [1.807, 2.05) is 12.1 Å². The van der Waals surface area contributed by atoms with Crippen molar-refractivity contribution >= 4 is 10.8 Å². The van der Waals surface area contributed by atoms with Gasteiger partial charge in [0.15, 0.2) is 0 Å². The molecular formula is C20H32N2O3S. The van der Waals surface area contributed by atoms with Crippen LogP contribution in [0.5, 0.6) is 5.75 Å². The fourth-order valence-corrected chi connectivity index (χ4v) is 2.98. The summed E-state index contributed by atoms with van der Waals surface area (Å²) in [6.45, 7) is 4.41. The molecule has 0 radical (unpaired) electrons. The van der Waals surface area contributed by atoms with E-state index in [1.54, 1.807) is 24.6 Å². The topological polar surface area (TPSA) is 73.6 Å². The summed E-state index contributed by atoms with van der Waals surface area (Å²) in [7, 11) is -0.611. The van der Waals surface area contributed by atoms with E-state index in [4.69, 9.17) is 15.1 Å². The molecule has 0 atom stereocenters. The lowest BCUT2D eigenvalue weighted by Gasteiger charge is -2.31. The summed E-state index contributed by atoms with van der Waals surface area (Å²) >= 11 is 0. The molecule has 1 fully saturated rings. The van der Waals surface area contributed by atoms with Gasteiger partial charge in [0.2, 0.25) is 0 Å². The third-order valence-electron chi connectivity index (χ3n) is 4.35. The number of aliphatic hydroxyl groups excluding tert-OH is 1. The minimum atomic E-state index is -0.611. The van der Waals surface area contributed by atoms with Gasteiger partial charge in [-0.05, 0) is 75.4 Å². The van der Waals surface area contributed by atoms with Crippen LogP contribution in [0.15, 0.2) is 24.3 Å². The molecule has 1 saturated heterocycles. The lowest BCUT2D eigenvalue weighted by atomic mass is 9.92. The van der Waals surface area contributed by atoms with E-state index in [1.165, 1.54) is 32.4 Å². The molecule has 1 heterocycles. The van der Waals surface area contributed by atoms with Crippen LogP contribution in [-0.4, -0.2) is 59.6 Å². The minimum absolute atomic E-state index is 0.298. The first-order chi connectivity index (χ1) is 12.5. The summed E-state index contributed by atoms with van der Waals surface area (Å²) in [6.07, 6.45) is 9.01. The van der Waals surface area contributed by atoms with Gasteiger partial charge in [-0.2, -0.15) is 5.26 Å². The fraction of sp³-hybridized carbons (Fsp3) is 0.650. The van der Waals surface area contributed by atoms with Crippen LogP contribution in [0.25, 0.3) is 0 Å². The average Bonchev–Trinajstić information content (AvgIpc) is 2.64. The van der Waals surface area contributed by atoms with Gasteiger partial charge in [-0.15, -0.1) is 0 Å². The lowest BCUT2D eigenvalue weighted by molar-refractivity contribution is 0.158. The molecule has 1 aliphatic rings. The second kappa shape index (κ2) is 13.7. The molecule has 26 heavy (non-hydrogen) atoms. The molecule has 146 valence electrons. The molecule has 0 aromatic heterocycles. The Morgan fingerprint density at radius 2 is 1.85 bits per heavy atom. The first kappa shape index (κ1) is 22.6. The summed E-state index contributed by atoms with van der Waals surface area (Å²) in [6, 6.07) is 9.40. The minimum Gasteiger partial charge on any atom is -0.494 e. The maximum absolute atomic E-state index is 9.56. The van der Waals surface area contributed by atoms with E-state index < -0.39 is 10.8 Å². The first-order valence-electron chi connectivity index (χ1n) is 9.26. The van der Waals surface area contributed by atoms with Crippen LogP contribution in [0.3, 0.4) is 0 Å². The summed E-state index contributed by atoms with van der Waals surface area (Å²) in [4.78, 5) is 2.46. The van der Waals surface area contributed by atoms with Crippen molar-refractivity contribution in [3.05, 3.63) is 29.8 Å². The van der Waals surface area contributed by atoms with E-state index >= 15 is 0 Å². The Morgan fingerprint density at radius 1 is 1.23 bits per heavy atom. The monoisotopic (exact) mass is 380 g/mol. The van der Waals surface area contributed by atoms with E-state index in [-0.39, 0.29) is 0 Å². The quantitative estimate of drug-likeness (QED) is 0.702. The molecule has 5 nitrogen and oxygen atoms in total. The van der Waals surface area contributed by atoms with Gasteiger partial charge in [-0.3, -0.25) is 4.21 Å². The lowest BCUT2D eigenvalue weighted by Crippen LogP contribution is -2.34. The van der Waals surface area contributed by atoms with Crippen LogP contribution in [0.2, 0.25) is 0 Å². The molecule has 1 aliphatic heterocycles. The summed E-state index contributed by atoms with van der Waals surface area (Å²) in [5.41, 5.74) is 0.667. The number of hydrogen-bond donors (Lipinski definition) is 1. The van der Waals surface area contributed by atoms with Gasteiger partial charge < -0.3 is 14.7 Å². The van der Waals surface area contributed by atoms with Gasteiger partial charge in [0.25, 0.3) is 0 Å². The van der Waals surface area contributed by atoms with E-state index in [2.05, 4.69) is 11.0 Å².